The first-order valence-electron chi connectivity index (χ1n) is 10.5. The topological polar surface area (TPSA) is 61.9 Å². The van der Waals surface area contributed by atoms with E-state index in [2.05, 4.69) is 29.0 Å². The van der Waals surface area contributed by atoms with Crippen LogP contribution in [-0.2, 0) is 9.53 Å². The highest BCUT2D eigenvalue weighted by Gasteiger charge is 2.25. The van der Waals surface area contributed by atoms with Gasteiger partial charge in [-0.25, -0.2) is 4.79 Å². The molecule has 0 radical (unpaired) electrons. The number of carbonyl (C=O) groups excluding carboxylic acids is 2. The molecule has 1 aliphatic carbocycles. The Morgan fingerprint density at radius 3 is 2.36 bits per heavy atom. The Morgan fingerprint density at radius 1 is 1.07 bits per heavy atom. The molecular formula is C22H33N3O3. The van der Waals surface area contributed by atoms with Crippen LogP contribution >= 0.6 is 0 Å². The first-order valence-corrected chi connectivity index (χ1v) is 10.5. The number of nitrogens with zero attached hydrogens (tertiary/aromatic N) is 2. The van der Waals surface area contributed by atoms with Crippen LogP contribution in [0.4, 0.5) is 11.4 Å². The molecule has 28 heavy (non-hydrogen) atoms. The van der Waals surface area contributed by atoms with Crippen LogP contribution in [-0.4, -0.2) is 56.1 Å². The number of ether oxygens (including phenoxy) is 1. The number of hydrogen-bond donors (Lipinski definition) is 1. The van der Waals surface area contributed by atoms with Crippen molar-refractivity contribution in [2.45, 2.75) is 52.0 Å². The molecule has 6 nitrogen and oxygen atoms in total. The zero-order valence-corrected chi connectivity index (χ0v) is 17.4. The summed E-state index contributed by atoms with van der Waals surface area (Å²) in [5, 5.41) is 3.13. The minimum Gasteiger partial charge on any atom is -0.465 e. The summed E-state index contributed by atoms with van der Waals surface area (Å²) in [4.78, 5) is 29.6. The Balaban J connectivity index is 1.80. The van der Waals surface area contributed by atoms with Crippen LogP contribution in [0.15, 0.2) is 18.2 Å². The second-order valence-electron chi connectivity index (χ2n) is 8.16. The third-order valence-corrected chi connectivity index (χ3v) is 6.04. The van der Waals surface area contributed by atoms with E-state index >= 15 is 0 Å². The van der Waals surface area contributed by atoms with E-state index in [1.54, 1.807) is 12.1 Å². The molecule has 1 aliphatic heterocycles. The SMILES string of the molecule is COC(=O)c1ccc(N2CCN(C(C)C)CC2)c(NC(=O)C2CCCCC2)c1. The number of piperazine rings is 1. The van der Waals surface area contributed by atoms with E-state index in [0.717, 1.165) is 63.2 Å². The van der Waals surface area contributed by atoms with Gasteiger partial charge in [0, 0.05) is 38.1 Å². The lowest BCUT2D eigenvalue weighted by molar-refractivity contribution is -0.120. The van der Waals surface area contributed by atoms with Crippen LogP contribution < -0.4 is 10.2 Å². The standard InChI is InChI=1S/C22H33N3O3/c1-16(2)24-11-13-25(14-12-24)20-10-9-18(22(27)28-3)15-19(20)23-21(26)17-7-5-4-6-8-17/h9-10,15-17H,4-8,11-14H2,1-3H3,(H,23,26). The quantitative estimate of drug-likeness (QED) is 0.783. The molecule has 1 N–H and O–H groups in total. The van der Waals surface area contributed by atoms with Crippen LogP contribution in [0.3, 0.4) is 0 Å². The third kappa shape index (κ3) is 4.85. The van der Waals surface area contributed by atoms with Gasteiger partial charge in [0.25, 0.3) is 0 Å². The molecule has 1 aromatic carbocycles. The Kier molecular flexibility index (Phi) is 6.94. The number of amides is 1. The molecule has 0 bridgehead atoms. The second-order valence-corrected chi connectivity index (χ2v) is 8.16. The third-order valence-electron chi connectivity index (χ3n) is 6.04. The van der Waals surface area contributed by atoms with Gasteiger partial charge in [0.05, 0.1) is 24.0 Å². The monoisotopic (exact) mass is 387 g/mol. The van der Waals surface area contributed by atoms with Crippen molar-refractivity contribution < 1.29 is 14.3 Å². The van der Waals surface area contributed by atoms with Crippen LogP contribution in [0.25, 0.3) is 0 Å². The maximum absolute atomic E-state index is 12.8. The summed E-state index contributed by atoms with van der Waals surface area (Å²) in [6.45, 7) is 8.23. The van der Waals surface area contributed by atoms with Crippen molar-refractivity contribution in [1.82, 2.24) is 4.90 Å². The fourth-order valence-corrected chi connectivity index (χ4v) is 4.24. The van der Waals surface area contributed by atoms with Crippen LogP contribution in [0, 0.1) is 5.92 Å². The number of hydrogen-bond acceptors (Lipinski definition) is 5. The molecule has 1 aromatic rings. The Labute approximate surface area is 168 Å². The lowest BCUT2D eigenvalue weighted by Gasteiger charge is -2.39. The molecule has 1 saturated carbocycles. The largest absolute Gasteiger partial charge is 0.465 e. The average molecular weight is 388 g/mol. The van der Waals surface area contributed by atoms with Gasteiger partial charge in [-0.15, -0.1) is 0 Å². The highest BCUT2D eigenvalue weighted by atomic mass is 16.5. The molecule has 3 rings (SSSR count). The average Bonchev–Trinajstić information content (AvgIpc) is 2.73. The summed E-state index contributed by atoms with van der Waals surface area (Å²) in [5.41, 5.74) is 2.17. The van der Waals surface area contributed by atoms with Crippen LogP contribution in [0.2, 0.25) is 0 Å². The van der Waals surface area contributed by atoms with Gasteiger partial charge in [-0.2, -0.15) is 0 Å². The highest BCUT2D eigenvalue weighted by Crippen LogP contribution is 2.31. The van der Waals surface area contributed by atoms with Crippen molar-refractivity contribution in [3.05, 3.63) is 23.8 Å². The van der Waals surface area contributed by atoms with Crippen molar-refractivity contribution in [2.24, 2.45) is 5.92 Å². The van der Waals surface area contributed by atoms with Crippen LogP contribution in [0.1, 0.15) is 56.3 Å². The number of esters is 1. The summed E-state index contributed by atoms with van der Waals surface area (Å²) in [6, 6.07) is 6.02. The Morgan fingerprint density at radius 2 is 1.75 bits per heavy atom. The van der Waals surface area contributed by atoms with Gasteiger partial charge in [-0.05, 0) is 44.9 Å². The number of carbonyl (C=O) groups is 2. The van der Waals surface area contributed by atoms with Gasteiger partial charge < -0.3 is 15.0 Å². The zero-order valence-electron chi connectivity index (χ0n) is 17.4. The lowest BCUT2D eigenvalue weighted by Crippen LogP contribution is -2.49. The summed E-state index contributed by atoms with van der Waals surface area (Å²) in [7, 11) is 1.38. The van der Waals surface area contributed by atoms with Crippen LogP contribution in [0.5, 0.6) is 0 Å². The van der Waals surface area contributed by atoms with E-state index in [4.69, 9.17) is 4.74 Å². The number of anilines is 2. The molecule has 0 unspecified atom stereocenters. The first-order chi connectivity index (χ1) is 13.5. The first kappa shape index (κ1) is 20.6. The Hall–Kier alpha value is -2.08. The fourth-order valence-electron chi connectivity index (χ4n) is 4.24. The number of benzene rings is 1. The van der Waals surface area contributed by atoms with Crippen molar-refractivity contribution in [3.8, 4) is 0 Å². The zero-order chi connectivity index (χ0) is 20.1. The number of rotatable bonds is 5. The Bertz CT molecular complexity index is 690. The van der Waals surface area contributed by atoms with Gasteiger partial charge in [0.2, 0.25) is 5.91 Å². The predicted molar refractivity (Wildman–Crippen MR) is 112 cm³/mol. The second kappa shape index (κ2) is 9.41. The minimum atomic E-state index is -0.385. The molecule has 2 fully saturated rings. The summed E-state index contributed by atoms with van der Waals surface area (Å²) in [5.74, 6) is -0.241. The number of nitrogens with one attached hydrogen (secondary N) is 1. The molecule has 6 heteroatoms. The van der Waals surface area contributed by atoms with E-state index < -0.39 is 0 Å². The summed E-state index contributed by atoms with van der Waals surface area (Å²) in [6.07, 6.45) is 5.34. The molecule has 1 amide bonds. The van der Waals surface area contributed by atoms with Gasteiger partial charge >= 0.3 is 5.97 Å². The van der Waals surface area contributed by atoms with E-state index in [-0.39, 0.29) is 17.8 Å². The van der Waals surface area contributed by atoms with E-state index in [0.29, 0.717) is 11.6 Å². The molecule has 1 heterocycles. The molecular weight excluding hydrogens is 354 g/mol. The van der Waals surface area contributed by atoms with Gasteiger partial charge in [-0.3, -0.25) is 9.69 Å². The summed E-state index contributed by atoms with van der Waals surface area (Å²) < 4.78 is 4.87. The molecule has 1 saturated heterocycles. The lowest BCUT2D eigenvalue weighted by atomic mass is 9.88. The minimum absolute atomic E-state index is 0.0705. The molecule has 0 spiro atoms. The maximum Gasteiger partial charge on any atom is 0.337 e. The van der Waals surface area contributed by atoms with Crippen molar-refractivity contribution >= 4 is 23.3 Å². The molecule has 2 aliphatic rings. The predicted octanol–water partition coefficient (Wildman–Crippen LogP) is 3.52. The van der Waals surface area contributed by atoms with E-state index in [9.17, 15) is 9.59 Å². The normalized spacial score (nSPS) is 18.9. The summed E-state index contributed by atoms with van der Waals surface area (Å²) >= 11 is 0. The van der Waals surface area contributed by atoms with E-state index in [1.165, 1.54) is 13.5 Å². The fraction of sp³-hybridized carbons (Fsp3) is 0.636. The molecule has 0 atom stereocenters. The maximum atomic E-state index is 12.8. The van der Waals surface area contributed by atoms with Crippen molar-refractivity contribution in [1.29, 1.82) is 0 Å². The highest BCUT2D eigenvalue weighted by molar-refractivity contribution is 5.99. The van der Waals surface area contributed by atoms with Gasteiger partial charge in [0.1, 0.15) is 0 Å². The molecule has 0 aromatic heterocycles. The molecule has 154 valence electrons. The van der Waals surface area contributed by atoms with Crippen molar-refractivity contribution in [2.75, 3.05) is 43.5 Å². The van der Waals surface area contributed by atoms with E-state index in [1.807, 2.05) is 6.07 Å². The number of methoxy groups -OCH3 is 1. The van der Waals surface area contributed by atoms with Crippen molar-refractivity contribution in [3.63, 3.8) is 0 Å². The smallest absolute Gasteiger partial charge is 0.337 e. The van der Waals surface area contributed by atoms with Gasteiger partial charge in [0.15, 0.2) is 0 Å². The van der Waals surface area contributed by atoms with Gasteiger partial charge in [-0.1, -0.05) is 19.3 Å².